The average molecular weight is 452 g/mol. The standard InChI is InChI=1S/C23H21N3O5S/c1-26(2)32(28,29)19-11-6-15(7-12-19)22(27)24-17-8-13-20-21(14-17)31-23(25-20)16-4-9-18(30-3)10-5-16/h4-14H,1-3H3,(H,24,27). The second-order valence-electron chi connectivity index (χ2n) is 7.20. The number of nitrogens with one attached hydrogen (secondary N) is 1. The number of anilines is 1. The molecule has 32 heavy (non-hydrogen) atoms. The van der Waals surface area contributed by atoms with Crippen LogP contribution in [0.2, 0.25) is 0 Å². The molecule has 3 aromatic carbocycles. The van der Waals surface area contributed by atoms with Crippen molar-refractivity contribution in [3.63, 3.8) is 0 Å². The quantitative estimate of drug-likeness (QED) is 0.475. The number of ether oxygens (including phenoxy) is 1. The number of aromatic nitrogens is 1. The molecule has 1 heterocycles. The van der Waals surface area contributed by atoms with Crippen molar-refractivity contribution in [2.75, 3.05) is 26.5 Å². The van der Waals surface area contributed by atoms with Gasteiger partial charge in [-0.1, -0.05) is 0 Å². The van der Waals surface area contributed by atoms with Gasteiger partial charge in [0.2, 0.25) is 15.9 Å². The van der Waals surface area contributed by atoms with Crippen molar-refractivity contribution < 1.29 is 22.4 Å². The van der Waals surface area contributed by atoms with Crippen molar-refractivity contribution in [3.8, 4) is 17.2 Å². The van der Waals surface area contributed by atoms with E-state index in [1.54, 1.807) is 25.3 Å². The highest BCUT2D eigenvalue weighted by Gasteiger charge is 2.18. The van der Waals surface area contributed by atoms with Gasteiger partial charge in [0.1, 0.15) is 11.3 Å². The normalized spacial score (nSPS) is 11.6. The molecule has 0 radical (unpaired) electrons. The molecule has 9 heteroatoms. The zero-order chi connectivity index (χ0) is 22.9. The molecule has 0 fully saturated rings. The molecule has 0 saturated heterocycles. The van der Waals surface area contributed by atoms with Crippen molar-refractivity contribution in [3.05, 3.63) is 72.3 Å². The summed E-state index contributed by atoms with van der Waals surface area (Å²) in [6.07, 6.45) is 0. The molecule has 0 saturated carbocycles. The summed E-state index contributed by atoms with van der Waals surface area (Å²) < 4.78 is 36.5. The fraction of sp³-hybridized carbons (Fsp3) is 0.130. The summed E-state index contributed by atoms with van der Waals surface area (Å²) >= 11 is 0. The molecule has 8 nitrogen and oxygen atoms in total. The highest BCUT2D eigenvalue weighted by Crippen LogP contribution is 2.27. The average Bonchev–Trinajstić information content (AvgIpc) is 3.22. The molecule has 0 unspecified atom stereocenters. The summed E-state index contributed by atoms with van der Waals surface area (Å²) in [4.78, 5) is 17.2. The molecule has 4 rings (SSSR count). The van der Waals surface area contributed by atoms with Crippen molar-refractivity contribution in [1.82, 2.24) is 9.29 Å². The minimum atomic E-state index is -3.55. The van der Waals surface area contributed by atoms with Gasteiger partial charge in [0.05, 0.1) is 12.0 Å². The Balaban J connectivity index is 1.53. The van der Waals surface area contributed by atoms with Crippen LogP contribution < -0.4 is 10.1 Å². The van der Waals surface area contributed by atoms with E-state index >= 15 is 0 Å². The topological polar surface area (TPSA) is 102 Å². The largest absolute Gasteiger partial charge is 0.497 e. The van der Waals surface area contributed by atoms with Gasteiger partial charge >= 0.3 is 0 Å². The first-order valence-corrected chi connectivity index (χ1v) is 11.1. The Morgan fingerprint density at radius 3 is 2.31 bits per heavy atom. The molecule has 1 N–H and O–H groups in total. The smallest absolute Gasteiger partial charge is 0.255 e. The highest BCUT2D eigenvalue weighted by atomic mass is 32.2. The molecular formula is C23H21N3O5S. The fourth-order valence-corrected chi connectivity index (χ4v) is 3.95. The number of rotatable bonds is 6. The number of oxazole rings is 1. The number of nitrogens with zero attached hydrogens (tertiary/aromatic N) is 2. The van der Waals surface area contributed by atoms with Gasteiger partial charge < -0.3 is 14.5 Å². The minimum absolute atomic E-state index is 0.119. The van der Waals surface area contributed by atoms with E-state index < -0.39 is 10.0 Å². The van der Waals surface area contributed by atoms with Gasteiger partial charge in [-0.15, -0.1) is 0 Å². The van der Waals surface area contributed by atoms with Gasteiger partial charge in [-0.05, 0) is 60.7 Å². The predicted octanol–water partition coefficient (Wildman–Crippen LogP) is 4.01. The lowest BCUT2D eigenvalue weighted by molar-refractivity contribution is 0.102. The molecular weight excluding hydrogens is 430 g/mol. The molecule has 4 aromatic rings. The number of carbonyl (C=O) groups excluding carboxylic acids is 1. The van der Waals surface area contributed by atoms with Gasteiger partial charge in [-0.2, -0.15) is 0 Å². The lowest BCUT2D eigenvalue weighted by Crippen LogP contribution is -2.22. The van der Waals surface area contributed by atoms with Crippen LogP contribution >= 0.6 is 0 Å². The van der Waals surface area contributed by atoms with E-state index in [9.17, 15) is 13.2 Å². The number of hydrogen-bond donors (Lipinski definition) is 1. The highest BCUT2D eigenvalue weighted by molar-refractivity contribution is 7.89. The van der Waals surface area contributed by atoms with E-state index in [1.165, 1.54) is 38.4 Å². The zero-order valence-corrected chi connectivity index (χ0v) is 18.5. The number of carbonyl (C=O) groups is 1. The molecule has 164 valence electrons. The number of benzene rings is 3. The summed E-state index contributed by atoms with van der Waals surface area (Å²) in [7, 11) is 0.958. The first-order chi connectivity index (χ1) is 15.3. The van der Waals surface area contributed by atoms with E-state index in [4.69, 9.17) is 9.15 Å². The molecule has 0 bridgehead atoms. The fourth-order valence-electron chi connectivity index (χ4n) is 3.05. The van der Waals surface area contributed by atoms with Crippen LogP contribution in [-0.2, 0) is 10.0 Å². The Kier molecular flexibility index (Phi) is 5.68. The van der Waals surface area contributed by atoms with Crippen LogP contribution in [0.4, 0.5) is 5.69 Å². The lowest BCUT2D eigenvalue weighted by Gasteiger charge is -2.11. The van der Waals surface area contributed by atoms with Gasteiger partial charge in [-0.25, -0.2) is 17.7 Å². The molecule has 0 aliphatic rings. The summed E-state index contributed by atoms with van der Waals surface area (Å²) in [5.41, 5.74) is 2.86. The number of hydrogen-bond acceptors (Lipinski definition) is 6. The third kappa shape index (κ3) is 4.20. The van der Waals surface area contributed by atoms with E-state index in [-0.39, 0.29) is 10.8 Å². The van der Waals surface area contributed by atoms with Gasteiger partial charge in [0.25, 0.3) is 5.91 Å². The maximum Gasteiger partial charge on any atom is 0.255 e. The lowest BCUT2D eigenvalue weighted by atomic mass is 10.2. The van der Waals surface area contributed by atoms with Crippen molar-refractivity contribution in [1.29, 1.82) is 0 Å². The minimum Gasteiger partial charge on any atom is -0.497 e. The molecule has 0 aliphatic carbocycles. The Hall–Kier alpha value is -3.69. The van der Waals surface area contributed by atoms with Crippen LogP contribution in [0.25, 0.3) is 22.6 Å². The Morgan fingerprint density at radius 2 is 1.69 bits per heavy atom. The van der Waals surface area contributed by atoms with Gasteiger partial charge in [-0.3, -0.25) is 4.79 Å². The second-order valence-corrected chi connectivity index (χ2v) is 9.35. The SMILES string of the molecule is COc1ccc(-c2nc3ccc(NC(=O)c4ccc(S(=O)(=O)N(C)C)cc4)cc3o2)cc1. The summed E-state index contributed by atoms with van der Waals surface area (Å²) in [5.74, 6) is 0.832. The second kappa shape index (κ2) is 8.45. The monoisotopic (exact) mass is 451 g/mol. The van der Waals surface area contributed by atoms with E-state index in [2.05, 4.69) is 10.3 Å². The van der Waals surface area contributed by atoms with Crippen LogP contribution in [0, 0.1) is 0 Å². The number of methoxy groups -OCH3 is 1. The van der Waals surface area contributed by atoms with Crippen molar-refractivity contribution >= 4 is 32.7 Å². The van der Waals surface area contributed by atoms with Gasteiger partial charge in [0, 0.05) is 37.0 Å². The Labute approximate surface area is 185 Å². The number of amides is 1. The van der Waals surface area contributed by atoms with Gasteiger partial charge in [0.15, 0.2) is 5.58 Å². The zero-order valence-electron chi connectivity index (χ0n) is 17.7. The van der Waals surface area contributed by atoms with Crippen molar-refractivity contribution in [2.45, 2.75) is 4.90 Å². The molecule has 1 amide bonds. The third-order valence-electron chi connectivity index (χ3n) is 4.88. The van der Waals surface area contributed by atoms with E-state index in [1.807, 2.05) is 24.3 Å². The molecule has 1 aromatic heterocycles. The first kappa shape index (κ1) is 21.5. The predicted molar refractivity (Wildman–Crippen MR) is 121 cm³/mol. The van der Waals surface area contributed by atoms with Crippen LogP contribution in [-0.4, -0.2) is 44.8 Å². The third-order valence-corrected chi connectivity index (χ3v) is 6.71. The maximum absolute atomic E-state index is 12.6. The van der Waals surface area contributed by atoms with Crippen LogP contribution in [0.15, 0.2) is 76.0 Å². The van der Waals surface area contributed by atoms with Crippen LogP contribution in [0.5, 0.6) is 5.75 Å². The molecule has 0 atom stereocenters. The molecule has 0 spiro atoms. The van der Waals surface area contributed by atoms with Crippen LogP contribution in [0.1, 0.15) is 10.4 Å². The van der Waals surface area contributed by atoms with E-state index in [0.29, 0.717) is 28.2 Å². The number of sulfonamides is 1. The van der Waals surface area contributed by atoms with E-state index in [0.717, 1.165) is 15.6 Å². The summed E-state index contributed by atoms with van der Waals surface area (Å²) in [5, 5.41) is 2.79. The summed E-state index contributed by atoms with van der Waals surface area (Å²) in [6.45, 7) is 0. The van der Waals surface area contributed by atoms with Crippen molar-refractivity contribution in [2.24, 2.45) is 0 Å². The Morgan fingerprint density at radius 1 is 1.00 bits per heavy atom. The van der Waals surface area contributed by atoms with Crippen LogP contribution in [0.3, 0.4) is 0 Å². The number of fused-ring (bicyclic) bond motifs is 1. The first-order valence-electron chi connectivity index (χ1n) is 9.67. The summed E-state index contributed by atoms with van der Waals surface area (Å²) in [6, 6.07) is 18.3. The maximum atomic E-state index is 12.6. The Bertz CT molecular complexity index is 1380. The molecule has 0 aliphatic heterocycles.